The zero-order valence-electron chi connectivity index (χ0n) is 15.2. The molecule has 0 aromatic heterocycles. The second-order valence-electron chi connectivity index (χ2n) is 7.15. The lowest BCUT2D eigenvalue weighted by molar-refractivity contribution is -0.133. The van der Waals surface area contributed by atoms with Crippen molar-refractivity contribution in [2.24, 2.45) is 4.99 Å². The van der Waals surface area contributed by atoms with Gasteiger partial charge in [0.15, 0.2) is 0 Å². The standard InChI is InChI=1S/C18H23ClN4O4/c1-10-8-11(6-7-27-10)23-14(24)9-18(2,22-16(23)21-17(25)26)12-4-3-5-13(20)15(12)19/h3-5,10-11H,6-9,20H2,1-2H3,(H,21,22)(H,25,26)/t10?,11?,18-/m0/s1. The molecule has 2 heterocycles. The Hall–Kier alpha value is -2.32. The summed E-state index contributed by atoms with van der Waals surface area (Å²) in [5.74, 6) is -0.201. The molecule has 0 bridgehead atoms. The predicted octanol–water partition coefficient (Wildman–Crippen LogP) is 2.56. The zero-order valence-corrected chi connectivity index (χ0v) is 16.0. The van der Waals surface area contributed by atoms with Gasteiger partial charge < -0.3 is 15.6 Å². The number of nitrogens with zero attached hydrogens (tertiary/aromatic N) is 2. The van der Waals surface area contributed by atoms with Crippen molar-refractivity contribution in [1.82, 2.24) is 10.2 Å². The number of carbonyl (C=O) groups excluding carboxylic acids is 1. The SMILES string of the molecule is CC1CC(N2C(=O)C[C@@](C)(c3cccc(N)c3Cl)N=C2NC(=O)O)CCO1. The number of amides is 2. The number of carbonyl (C=O) groups is 2. The Labute approximate surface area is 162 Å². The highest BCUT2D eigenvalue weighted by atomic mass is 35.5. The van der Waals surface area contributed by atoms with Crippen molar-refractivity contribution in [3.63, 3.8) is 0 Å². The number of carboxylic acid groups (broad SMARTS) is 1. The third-order valence-corrected chi connectivity index (χ3v) is 5.42. The van der Waals surface area contributed by atoms with Gasteiger partial charge >= 0.3 is 6.09 Å². The molecule has 1 saturated heterocycles. The van der Waals surface area contributed by atoms with Crippen molar-refractivity contribution >= 4 is 35.2 Å². The predicted molar refractivity (Wildman–Crippen MR) is 102 cm³/mol. The summed E-state index contributed by atoms with van der Waals surface area (Å²) in [6, 6.07) is 4.97. The maximum Gasteiger partial charge on any atom is 0.411 e. The molecule has 1 aromatic carbocycles. The number of anilines is 1. The lowest BCUT2D eigenvalue weighted by atomic mass is 9.86. The Balaban J connectivity index is 2.04. The van der Waals surface area contributed by atoms with Crippen LogP contribution in [0.15, 0.2) is 23.2 Å². The van der Waals surface area contributed by atoms with Crippen molar-refractivity contribution in [3.8, 4) is 0 Å². The number of hydrogen-bond donors (Lipinski definition) is 3. The molecule has 3 rings (SSSR count). The molecule has 146 valence electrons. The van der Waals surface area contributed by atoms with Gasteiger partial charge in [-0.15, -0.1) is 0 Å². The molecule has 4 N–H and O–H groups in total. The van der Waals surface area contributed by atoms with Crippen LogP contribution in [-0.2, 0) is 15.1 Å². The van der Waals surface area contributed by atoms with E-state index in [-0.39, 0.29) is 30.4 Å². The van der Waals surface area contributed by atoms with E-state index in [9.17, 15) is 14.7 Å². The van der Waals surface area contributed by atoms with Gasteiger partial charge in [0, 0.05) is 18.2 Å². The molecule has 2 unspecified atom stereocenters. The molecule has 2 amide bonds. The van der Waals surface area contributed by atoms with Crippen LogP contribution in [0.3, 0.4) is 0 Å². The fourth-order valence-electron chi connectivity index (χ4n) is 3.72. The van der Waals surface area contributed by atoms with Gasteiger partial charge in [0.25, 0.3) is 0 Å². The second-order valence-corrected chi connectivity index (χ2v) is 7.53. The van der Waals surface area contributed by atoms with E-state index >= 15 is 0 Å². The van der Waals surface area contributed by atoms with E-state index in [1.165, 1.54) is 4.90 Å². The van der Waals surface area contributed by atoms with Crippen LogP contribution in [0.2, 0.25) is 5.02 Å². The number of halogens is 1. The number of nitrogens with one attached hydrogen (secondary N) is 1. The Morgan fingerprint density at radius 1 is 1.52 bits per heavy atom. The van der Waals surface area contributed by atoms with Crippen molar-refractivity contribution < 1.29 is 19.4 Å². The number of rotatable bonds is 2. The van der Waals surface area contributed by atoms with Crippen LogP contribution in [0.4, 0.5) is 10.5 Å². The van der Waals surface area contributed by atoms with E-state index in [1.54, 1.807) is 25.1 Å². The maximum absolute atomic E-state index is 13.1. The van der Waals surface area contributed by atoms with Crippen LogP contribution < -0.4 is 11.1 Å². The van der Waals surface area contributed by atoms with Crippen molar-refractivity contribution in [2.45, 2.75) is 50.8 Å². The Bertz CT molecular complexity index is 800. The van der Waals surface area contributed by atoms with Gasteiger partial charge in [-0.25, -0.2) is 9.79 Å². The molecule has 1 aromatic rings. The number of nitrogens with two attached hydrogens (primary N) is 1. The normalized spacial score (nSPS) is 28.6. The summed E-state index contributed by atoms with van der Waals surface area (Å²) < 4.78 is 5.54. The summed E-state index contributed by atoms with van der Waals surface area (Å²) >= 11 is 6.35. The van der Waals surface area contributed by atoms with Crippen LogP contribution in [-0.4, -0.2) is 46.7 Å². The number of guanidine groups is 1. The van der Waals surface area contributed by atoms with Crippen LogP contribution >= 0.6 is 11.6 Å². The van der Waals surface area contributed by atoms with Crippen LogP contribution in [0.25, 0.3) is 0 Å². The van der Waals surface area contributed by atoms with Gasteiger partial charge in [-0.3, -0.25) is 15.0 Å². The third kappa shape index (κ3) is 3.86. The lowest BCUT2D eigenvalue weighted by Gasteiger charge is -2.42. The molecule has 0 saturated carbocycles. The largest absolute Gasteiger partial charge is 0.465 e. The Morgan fingerprint density at radius 2 is 2.26 bits per heavy atom. The molecule has 0 spiro atoms. The van der Waals surface area contributed by atoms with Crippen LogP contribution in [0.1, 0.15) is 38.7 Å². The molecule has 9 heteroatoms. The van der Waals surface area contributed by atoms with Crippen molar-refractivity contribution in [1.29, 1.82) is 0 Å². The van der Waals surface area contributed by atoms with Crippen molar-refractivity contribution in [3.05, 3.63) is 28.8 Å². The molecular formula is C18H23ClN4O4. The van der Waals surface area contributed by atoms with Crippen molar-refractivity contribution in [2.75, 3.05) is 12.3 Å². The van der Waals surface area contributed by atoms with E-state index in [2.05, 4.69) is 10.3 Å². The number of benzene rings is 1. The number of aliphatic imine (C=N–C) groups is 1. The Morgan fingerprint density at radius 3 is 2.93 bits per heavy atom. The summed E-state index contributed by atoms with van der Waals surface area (Å²) in [5, 5.41) is 11.9. The fourth-order valence-corrected chi connectivity index (χ4v) is 4.04. The molecule has 0 aliphatic carbocycles. The first kappa shape index (κ1) is 19.4. The summed E-state index contributed by atoms with van der Waals surface area (Å²) in [6.45, 7) is 4.19. The van der Waals surface area contributed by atoms with E-state index in [0.29, 0.717) is 35.7 Å². The fraction of sp³-hybridized carbons (Fsp3) is 0.500. The van der Waals surface area contributed by atoms with E-state index in [1.807, 2.05) is 6.92 Å². The van der Waals surface area contributed by atoms with Gasteiger partial charge in [0.05, 0.1) is 28.8 Å². The van der Waals surface area contributed by atoms with Crippen LogP contribution in [0, 0.1) is 0 Å². The lowest BCUT2D eigenvalue weighted by Crippen LogP contribution is -2.58. The smallest absolute Gasteiger partial charge is 0.411 e. The topological polar surface area (TPSA) is 117 Å². The molecule has 2 aliphatic rings. The molecular weight excluding hydrogens is 372 g/mol. The minimum absolute atomic E-state index is 0.0128. The first-order valence-corrected chi connectivity index (χ1v) is 9.17. The van der Waals surface area contributed by atoms with Gasteiger partial charge in [-0.2, -0.15) is 0 Å². The van der Waals surface area contributed by atoms with Gasteiger partial charge in [0.2, 0.25) is 11.9 Å². The highest BCUT2D eigenvalue weighted by molar-refractivity contribution is 6.34. The van der Waals surface area contributed by atoms with Gasteiger partial charge in [-0.05, 0) is 32.8 Å². The Kier molecular flexibility index (Phi) is 5.30. The number of hydrogen-bond acceptors (Lipinski definition) is 5. The average Bonchev–Trinajstić information content (AvgIpc) is 2.56. The monoisotopic (exact) mass is 394 g/mol. The average molecular weight is 395 g/mol. The molecule has 27 heavy (non-hydrogen) atoms. The minimum atomic E-state index is -1.28. The maximum atomic E-state index is 13.1. The first-order valence-electron chi connectivity index (χ1n) is 8.79. The summed E-state index contributed by atoms with van der Waals surface area (Å²) in [6.07, 6.45) is -0.00499. The first-order chi connectivity index (χ1) is 12.7. The summed E-state index contributed by atoms with van der Waals surface area (Å²) in [4.78, 5) is 30.5. The van der Waals surface area contributed by atoms with Gasteiger partial charge in [0.1, 0.15) is 0 Å². The molecule has 3 atom stereocenters. The van der Waals surface area contributed by atoms with E-state index < -0.39 is 11.6 Å². The van der Waals surface area contributed by atoms with E-state index in [0.717, 1.165) is 0 Å². The quantitative estimate of drug-likeness (QED) is 0.666. The van der Waals surface area contributed by atoms with Gasteiger partial charge in [-0.1, -0.05) is 23.7 Å². The van der Waals surface area contributed by atoms with E-state index in [4.69, 9.17) is 22.1 Å². The summed E-state index contributed by atoms with van der Waals surface area (Å²) in [5.41, 5.74) is 5.84. The zero-order chi connectivity index (χ0) is 19.8. The number of ether oxygens (including phenoxy) is 1. The molecule has 8 nitrogen and oxygen atoms in total. The minimum Gasteiger partial charge on any atom is -0.465 e. The molecule has 0 radical (unpaired) electrons. The number of nitrogen functional groups attached to an aromatic ring is 1. The van der Waals surface area contributed by atoms with Crippen LogP contribution in [0.5, 0.6) is 0 Å². The second kappa shape index (κ2) is 7.36. The molecule has 2 aliphatic heterocycles. The highest BCUT2D eigenvalue weighted by Crippen LogP contribution is 2.40. The molecule has 1 fully saturated rings. The highest BCUT2D eigenvalue weighted by Gasteiger charge is 2.43. The third-order valence-electron chi connectivity index (χ3n) is 5.00. The summed E-state index contributed by atoms with van der Waals surface area (Å²) in [7, 11) is 0.